The molecule has 3 aliphatic heterocycles. The predicted molar refractivity (Wildman–Crippen MR) is 111 cm³/mol. The molecule has 0 radical (unpaired) electrons. The molecule has 5 heteroatoms. The molecule has 1 fully saturated rings. The maximum absolute atomic E-state index is 9.15. The highest BCUT2D eigenvalue weighted by atomic mass is 16.5. The van der Waals surface area contributed by atoms with Crippen LogP contribution in [0.5, 0.6) is 5.75 Å². The van der Waals surface area contributed by atoms with Gasteiger partial charge in [0, 0.05) is 42.1 Å². The molecule has 0 bridgehead atoms. The second-order valence-electron chi connectivity index (χ2n) is 7.31. The van der Waals surface area contributed by atoms with E-state index in [1.165, 1.54) is 18.5 Å². The molecule has 0 N–H and O–H groups in total. The molecule has 0 aromatic heterocycles. The van der Waals surface area contributed by atoms with Crippen LogP contribution in [0.15, 0.2) is 70.9 Å². The van der Waals surface area contributed by atoms with Crippen molar-refractivity contribution in [2.75, 3.05) is 18.0 Å². The summed E-state index contributed by atoms with van der Waals surface area (Å²) >= 11 is 0. The van der Waals surface area contributed by atoms with Gasteiger partial charge in [0.1, 0.15) is 40.7 Å². The molecular weight excluding hydrogens is 362 g/mol. The lowest BCUT2D eigenvalue weighted by atomic mass is 10.0. The van der Waals surface area contributed by atoms with Crippen molar-refractivity contribution in [2.45, 2.75) is 26.7 Å². The first-order valence-corrected chi connectivity index (χ1v) is 9.67. The molecule has 29 heavy (non-hydrogen) atoms. The van der Waals surface area contributed by atoms with Gasteiger partial charge in [-0.2, -0.15) is 10.5 Å². The van der Waals surface area contributed by atoms with E-state index in [0.29, 0.717) is 22.9 Å². The van der Waals surface area contributed by atoms with Crippen LogP contribution in [-0.2, 0) is 4.74 Å². The largest absolute Gasteiger partial charge is 0.462 e. The van der Waals surface area contributed by atoms with Gasteiger partial charge in [-0.15, -0.1) is 0 Å². The van der Waals surface area contributed by atoms with E-state index in [1.807, 2.05) is 18.2 Å². The Morgan fingerprint density at radius 3 is 2.52 bits per heavy atom. The van der Waals surface area contributed by atoms with E-state index in [4.69, 9.17) is 20.0 Å². The summed E-state index contributed by atoms with van der Waals surface area (Å²) < 4.78 is 11.9. The minimum atomic E-state index is 0.0560. The second-order valence-corrected chi connectivity index (χ2v) is 7.31. The van der Waals surface area contributed by atoms with Gasteiger partial charge >= 0.3 is 0 Å². The molecule has 0 saturated carbocycles. The molecule has 3 aliphatic rings. The summed E-state index contributed by atoms with van der Waals surface area (Å²) in [5.74, 6) is 2.63. The smallest absolute Gasteiger partial charge is 0.137 e. The van der Waals surface area contributed by atoms with Gasteiger partial charge in [0.25, 0.3) is 0 Å². The Hall–Kier alpha value is -3.70. The number of hydrogen-bond acceptors (Lipinski definition) is 5. The normalized spacial score (nSPS) is 19.2. The summed E-state index contributed by atoms with van der Waals surface area (Å²) in [7, 11) is 0. The van der Waals surface area contributed by atoms with Crippen LogP contribution in [0.3, 0.4) is 0 Å². The van der Waals surface area contributed by atoms with Crippen LogP contribution in [-0.4, -0.2) is 13.1 Å². The van der Waals surface area contributed by atoms with Crippen molar-refractivity contribution in [3.8, 4) is 17.9 Å². The van der Waals surface area contributed by atoms with Crippen LogP contribution >= 0.6 is 0 Å². The lowest BCUT2D eigenvalue weighted by Crippen LogP contribution is -2.17. The fourth-order valence-corrected chi connectivity index (χ4v) is 3.78. The van der Waals surface area contributed by atoms with E-state index in [-0.39, 0.29) is 5.57 Å². The lowest BCUT2D eigenvalue weighted by Gasteiger charge is -2.23. The number of nitriles is 2. The molecule has 1 saturated heterocycles. The molecule has 144 valence electrons. The minimum Gasteiger partial charge on any atom is -0.462 e. The molecule has 4 rings (SSSR count). The Morgan fingerprint density at radius 2 is 1.79 bits per heavy atom. The zero-order chi connectivity index (χ0) is 20.4. The summed E-state index contributed by atoms with van der Waals surface area (Å²) in [5, 5.41) is 18.3. The van der Waals surface area contributed by atoms with Gasteiger partial charge in [0.05, 0.1) is 0 Å². The Balaban J connectivity index is 1.66. The molecule has 0 unspecified atom stereocenters. The van der Waals surface area contributed by atoms with Gasteiger partial charge in [-0.05, 0) is 62.6 Å². The van der Waals surface area contributed by atoms with Crippen LogP contribution in [0.4, 0.5) is 5.69 Å². The lowest BCUT2D eigenvalue weighted by molar-refractivity contribution is 0.313. The molecule has 3 heterocycles. The molecule has 0 aliphatic carbocycles. The third kappa shape index (κ3) is 3.81. The van der Waals surface area contributed by atoms with E-state index in [0.717, 1.165) is 30.0 Å². The standard InChI is InChI=1S/C24H21N3O2/c1-16-9-21(13-22-11-18(10-17(2)28-22)19(14-25)15-26)29-24-12-20(5-6-23(16)24)27-7-3-4-8-27/h5-6,9-13H,3-4,7-8H2,1-2H3. The van der Waals surface area contributed by atoms with E-state index in [1.54, 1.807) is 25.2 Å². The highest BCUT2D eigenvalue weighted by molar-refractivity contribution is 5.76. The van der Waals surface area contributed by atoms with Crippen molar-refractivity contribution in [2.24, 2.45) is 0 Å². The summed E-state index contributed by atoms with van der Waals surface area (Å²) in [6.45, 7) is 6.01. The maximum Gasteiger partial charge on any atom is 0.137 e. The molecular formula is C24H21N3O2. The number of nitrogens with zero attached hydrogens (tertiary/aromatic N) is 3. The monoisotopic (exact) mass is 383 g/mol. The fraction of sp³-hybridized carbons (Fsp3) is 0.250. The Labute approximate surface area is 170 Å². The number of ether oxygens (including phenoxy) is 2. The maximum atomic E-state index is 9.15. The second kappa shape index (κ2) is 7.73. The highest BCUT2D eigenvalue weighted by Gasteiger charge is 2.19. The number of allylic oxidation sites excluding steroid dienone is 8. The number of anilines is 1. The van der Waals surface area contributed by atoms with Gasteiger partial charge in [-0.1, -0.05) is 0 Å². The van der Waals surface area contributed by atoms with Crippen LogP contribution in [0, 0.1) is 22.7 Å². The third-order valence-electron chi connectivity index (χ3n) is 5.18. The van der Waals surface area contributed by atoms with Crippen LogP contribution < -0.4 is 9.64 Å². The van der Waals surface area contributed by atoms with E-state index in [9.17, 15) is 0 Å². The van der Waals surface area contributed by atoms with Crippen LogP contribution in [0.25, 0.3) is 5.57 Å². The van der Waals surface area contributed by atoms with E-state index in [2.05, 4.69) is 30.0 Å². The SMILES string of the molecule is CC1=CC(=C(C#N)C#N)C=C(C=C2C=C(C)c3ccc(N4CCCC4)cc3O2)O1. The van der Waals surface area contributed by atoms with Crippen molar-refractivity contribution in [3.05, 3.63) is 76.5 Å². The topological polar surface area (TPSA) is 69.3 Å². The zero-order valence-electron chi connectivity index (χ0n) is 16.5. The van der Waals surface area contributed by atoms with Crippen molar-refractivity contribution >= 4 is 11.3 Å². The quantitative estimate of drug-likeness (QED) is 0.662. The summed E-state index contributed by atoms with van der Waals surface area (Å²) in [4.78, 5) is 2.38. The van der Waals surface area contributed by atoms with Gasteiger partial charge in [-0.25, -0.2) is 0 Å². The average Bonchev–Trinajstić information content (AvgIpc) is 3.23. The van der Waals surface area contributed by atoms with Crippen molar-refractivity contribution in [1.29, 1.82) is 10.5 Å². The van der Waals surface area contributed by atoms with Gasteiger partial charge in [0.2, 0.25) is 0 Å². The molecule has 0 atom stereocenters. The fourth-order valence-electron chi connectivity index (χ4n) is 3.78. The Bertz CT molecular complexity index is 1080. The van der Waals surface area contributed by atoms with Crippen molar-refractivity contribution in [3.63, 3.8) is 0 Å². The van der Waals surface area contributed by atoms with Gasteiger partial charge in [0.15, 0.2) is 0 Å². The zero-order valence-corrected chi connectivity index (χ0v) is 16.5. The summed E-state index contributed by atoms with van der Waals surface area (Å²) in [6, 6.07) is 10.2. The number of hydrogen-bond donors (Lipinski definition) is 0. The van der Waals surface area contributed by atoms with Crippen LogP contribution in [0.1, 0.15) is 32.3 Å². The number of rotatable bonds is 2. The first-order valence-electron chi connectivity index (χ1n) is 9.67. The number of benzene rings is 1. The van der Waals surface area contributed by atoms with Gasteiger partial charge in [-0.3, -0.25) is 0 Å². The molecule has 5 nitrogen and oxygen atoms in total. The number of fused-ring (bicyclic) bond motifs is 1. The first-order chi connectivity index (χ1) is 14.1. The Kier molecular flexibility index (Phi) is 4.97. The highest BCUT2D eigenvalue weighted by Crippen LogP contribution is 2.37. The van der Waals surface area contributed by atoms with Crippen molar-refractivity contribution in [1.82, 2.24) is 0 Å². The minimum absolute atomic E-state index is 0.0560. The Morgan fingerprint density at radius 1 is 1.03 bits per heavy atom. The summed E-state index contributed by atoms with van der Waals surface area (Å²) in [5.41, 5.74) is 3.97. The molecule has 0 amide bonds. The van der Waals surface area contributed by atoms with E-state index < -0.39 is 0 Å². The summed E-state index contributed by atoms with van der Waals surface area (Å²) in [6.07, 6.45) is 9.58. The molecule has 1 aromatic carbocycles. The van der Waals surface area contributed by atoms with Crippen molar-refractivity contribution < 1.29 is 9.47 Å². The van der Waals surface area contributed by atoms with Crippen LogP contribution in [0.2, 0.25) is 0 Å². The average molecular weight is 383 g/mol. The third-order valence-corrected chi connectivity index (χ3v) is 5.18. The molecule has 0 spiro atoms. The predicted octanol–water partition coefficient (Wildman–Crippen LogP) is 5.13. The molecule has 1 aromatic rings. The van der Waals surface area contributed by atoms with Gasteiger partial charge < -0.3 is 14.4 Å². The first kappa shape index (κ1) is 18.7. The van der Waals surface area contributed by atoms with E-state index >= 15 is 0 Å².